The van der Waals surface area contributed by atoms with Gasteiger partial charge in [0.15, 0.2) is 0 Å². The van der Waals surface area contributed by atoms with Crippen LogP contribution >= 0.6 is 0 Å². The summed E-state index contributed by atoms with van der Waals surface area (Å²) in [5, 5.41) is 13.4. The molecule has 7 nitrogen and oxygen atoms in total. The van der Waals surface area contributed by atoms with E-state index in [2.05, 4.69) is 10.3 Å². The number of aromatic amines is 1. The van der Waals surface area contributed by atoms with Crippen molar-refractivity contribution in [3.8, 4) is 5.75 Å². The first-order valence-corrected chi connectivity index (χ1v) is 11.8. The highest BCUT2D eigenvalue weighted by Gasteiger charge is 2.37. The highest BCUT2D eigenvalue weighted by molar-refractivity contribution is 6.00. The molecule has 2 atom stereocenters. The fourth-order valence-corrected chi connectivity index (χ4v) is 4.64. The van der Waals surface area contributed by atoms with Crippen molar-refractivity contribution in [2.24, 2.45) is 0 Å². The number of fused-ring (bicyclic) bond motifs is 1. The van der Waals surface area contributed by atoms with Crippen LogP contribution in [-0.4, -0.2) is 35.1 Å². The number of aromatic nitrogens is 1. The molecule has 1 aliphatic rings. The topological polar surface area (TPSA) is 94.7 Å². The van der Waals surface area contributed by atoms with Crippen molar-refractivity contribution < 1.29 is 19.4 Å². The maximum absolute atomic E-state index is 14.1. The number of hydrogen-bond donors (Lipinski definition) is 3. The summed E-state index contributed by atoms with van der Waals surface area (Å²) < 4.78 is 4.96. The van der Waals surface area contributed by atoms with Gasteiger partial charge in [0.05, 0.1) is 37.1 Å². The number of rotatable bonds is 6. The molecule has 0 spiro atoms. The lowest BCUT2D eigenvalue weighted by atomic mass is 10.0. The Bertz CT molecular complexity index is 1350. The predicted molar refractivity (Wildman–Crippen MR) is 137 cm³/mol. The van der Waals surface area contributed by atoms with Gasteiger partial charge in [-0.25, -0.2) is 4.79 Å². The number of amides is 1. The number of phenolic OH excluding ortho intramolecular Hbond substituents is 1. The van der Waals surface area contributed by atoms with E-state index in [-0.39, 0.29) is 17.4 Å². The van der Waals surface area contributed by atoms with Crippen LogP contribution in [0.2, 0.25) is 0 Å². The molecule has 36 heavy (non-hydrogen) atoms. The summed E-state index contributed by atoms with van der Waals surface area (Å²) >= 11 is 0. The van der Waals surface area contributed by atoms with Gasteiger partial charge in [-0.1, -0.05) is 72.8 Å². The number of esters is 1. The Balaban J connectivity index is 1.64. The van der Waals surface area contributed by atoms with Gasteiger partial charge in [-0.3, -0.25) is 10.1 Å². The van der Waals surface area contributed by atoms with Crippen LogP contribution in [-0.2, 0) is 22.5 Å². The lowest BCUT2D eigenvalue weighted by Gasteiger charge is -2.25. The maximum atomic E-state index is 14.1. The van der Waals surface area contributed by atoms with Crippen LogP contribution in [0.1, 0.15) is 38.9 Å². The van der Waals surface area contributed by atoms with Crippen molar-refractivity contribution in [1.29, 1.82) is 0 Å². The third-order valence-electron chi connectivity index (χ3n) is 6.44. The van der Waals surface area contributed by atoms with E-state index in [4.69, 9.17) is 4.74 Å². The number of nitrogens with zero attached hydrogens (tertiary/aromatic N) is 1. The minimum Gasteiger partial charge on any atom is -0.508 e. The van der Waals surface area contributed by atoms with Crippen LogP contribution in [0.3, 0.4) is 0 Å². The molecule has 0 aliphatic carbocycles. The summed E-state index contributed by atoms with van der Waals surface area (Å²) in [5.41, 5.74) is 4.42. The molecule has 2 heterocycles. The molecular formula is C29H27N3O4. The number of aromatic hydroxyl groups is 1. The van der Waals surface area contributed by atoms with E-state index < -0.39 is 18.1 Å². The van der Waals surface area contributed by atoms with Crippen LogP contribution in [0.15, 0.2) is 91.0 Å². The fraction of sp³-hybridized carbons (Fsp3) is 0.172. The summed E-state index contributed by atoms with van der Waals surface area (Å²) in [6.45, 7) is 0.348. The second-order valence-corrected chi connectivity index (χ2v) is 8.82. The van der Waals surface area contributed by atoms with E-state index in [1.165, 1.54) is 7.11 Å². The first kappa shape index (κ1) is 23.4. The van der Waals surface area contributed by atoms with Crippen molar-refractivity contribution in [1.82, 2.24) is 10.3 Å². The third kappa shape index (κ3) is 4.74. The molecule has 1 aliphatic heterocycles. The summed E-state index contributed by atoms with van der Waals surface area (Å²) in [4.78, 5) is 31.5. The normalized spacial score (nSPS) is 17.4. The van der Waals surface area contributed by atoms with Crippen LogP contribution in [0.5, 0.6) is 5.75 Å². The SMILES string of the molecule is COC(=O)c1cc2c([nH]1)[C@@H](c1ccc(O)cc1)N[C@@H](Cc1ccccc1)C(=O)N2Cc1ccccc1. The van der Waals surface area contributed by atoms with E-state index in [1.807, 2.05) is 72.8 Å². The Morgan fingerprint density at radius 3 is 2.22 bits per heavy atom. The van der Waals surface area contributed by atoms with E-state index in [0.29, 0.717) is 24.3 Å². The molecule has 0 unspecified atom stereocenters. The first-order chi connectivity index (χ1) is 17.5. The molecule has 0 fully saturated rings. The molecule has 3 N–H and O–H groups in total. The number of phenols is 1. The molecule has 182 valence electrons. The molecule has 1 aromatic heterocycles. The van der Waals surface area contributed by atoms with Gasteiger partial charge in [-0.2, -0.15) is 0 Å². The number of methoxy groups -OCH3 is 1. The number of anilines is 1. The highest BCUT2D eigenvalue weighted by Crippen LogP contribution is 2.37. The van der Waals surface area contributed by atoms with Crippen molar-refractivity contribution in [3.05, 3.63) is 119 Å². The lowest BCUT2D eigenvalue weighted by Crippen LogP contribution is -2.46. The first-order valence-electron chi connectivity index (χ1n) is 11.8. The van der Waals surface area contributed by atoms with Gasteiger partial charge in [0.1, 0.15) is 11.4 Å². The van der Waals surface area contributed by atoms with Crippen molar-refractivity contribution in [2.75, 3.05) is 12.0 Å². The van der Waals surface area contributed by atoms with Crippen LogP contribution < -0.4 is 10.2 Å². The number of carbonyl (C=O) groups excluding carboxylic acids is 2. The van der Waals surface area contributed by atoms with Gasteiger partial charge in [-0.05, 0) is 41.3 Å². The number of H-pyrrole nitrogens is 1. The fourth-order valence-electron chi connectivity index (χ4n) is 4.64. The van der Waals surface area contributed by atoms with Crippen molar-refractivity contribution in [3.63, 3.8) is 0 Å². The van der Waals surface area contributed by atoms with Gasteiger partial charge in [0.25, 0.3) is 0 Å². The maximum Gasteiger partial charge on any atom is 0.354 e. The predicted octanol–water partition coefficient (Wildman–Crippen LogP) is 4.34. The Hall–Kier alpha value is -4.36. The van der Waals surface area contributed by atoms with Crippen LogP contribution in [0.4, 0.5) is 5.69 Å². The minimum atomic E-state index is -0.530. The van der Waals surface area contributed by atoms with E-state index in [1.54, 1.807) is 23.1 Å². The molecule has 0 saturated carbocycles. The Kier molecular flexibility index (Phi) is 6.56. The third-order valence-corrected chi connectivity index (χ3v) is 6.44. The van der Waals surface area contributed by atoms with Gasteiger partial charge in [0.2, 0.25) is 5.91 Å². The zero-order valence-electron chi connectivity index (χ0n) is 19.8. The van der Waals surface area contributed by atoms with E-state index >= 15 is 0 Å². The molecule has 0 saturated heterocycles. The zero-order chi connectivity index (χ0) is 25.1. The molecule has 5 rings (SSSR count). The molecular weight excluding hydrogens is 454 g/mol. The second-order valence-electron chi connectivity index (χ2n) is 8.82. The number of nitrogens with one attached hydrogen (secondary N) is 2. The number of benzene rings is 3. The van der Waals surface area contributed by atoms with Gasteiger partial charge < -0.3 is 19.7 Å². The molecule has 3 aromatic carbocycles. The standard InChI is InChI=1S/C29H27N3O4/c1-36-29(35)24-17-25-27(31-24)26(21-12-14-22(33)15-13-21)30-23(16-19-8-4-2-5-9-19)28(34)32(25)18-20-10-6-3-7-11-20/h2-15,17,23,26,30-31,33H,16,18H2,1H3/t23-,26+/m0/s1. The quantitative estimate of drug-likeness (QED) is 0.356. The Morgan fingerprint density at radius 1 is 0.944 bits per heavy atom. The molecule has 1 amide bonds. The number of ether oxygens (including phenoxy) is 1. The monoisotopic (exact) mass is 481 g/mol. The van der Waals surface area contributed by atoms with Gasteiger partial charge in [0, 0.05) is 0 Å². The molecule has 7 heteroatoms. The second kappa shape index (κ2) is 10.1. The lowest BCUT2D eigenvalue weighted by molar-refractivity contribution is -0.120. The smallest absolute Gasteiger partial charge is 0.354 e. The largest absolute Gasteiger partial charge is 0.508 e. The average molecular weight is 482 g/mol. The zero-order valence-corrected chi connectivity index (χ0v) is 19.8. The summed E-state index contributed by atoms with van der Waals surface area (Å²) in [5.74, 6) is -0.460. The van der Waals surface area contributed by atoms with E-state index in [0.717, 1.165) is 16.7 Å². The summed E-state index contributed by atoms with van der Waals surface area (Å²) in [6, 6.07) is 27.2. The summed E-state index contributed by atoms with van der Waals surface area (Å²) in [6.07, 6.45) is 0.494. The Morgan fingerprint density at radius 2 is 1.58 bits per heavy atom. The Labute approximate surface area is 209 Å². The summed E-state index contributed by atoms with van der Waals surface area (Å²) in [7, 11) is 1.33. The van der Waals surface area contributed by atoms with Gasteiger partial charge >= 0.3 is 5.97 Å². The molecule has 0 bridgehead atoms. The van der Waals surface area contributed by atoms with Crippen LogP contribution in [0, 0.1) is 0 Å². The van der Waals surface area contributed by atoms with Crippen LogP contribution in [0.25, 0.3) is 0 Å². The van der Waals surface area contributed by atoms with E-state index in [9.17, 15) is 14.7 Å². The average Bonchev–Trinajstić information content (AvgIpc) is 3.32. The highest BCUT2D eigenvalue weighted by atomic mass is 16.5. The number of hydrogen-bond acceptors (Lipinski definition) is 5. The van der Waals surface area contributed by atoms with Gasteiger partial charge in [-0.15, -0.1) is 0 Å². The minimum absolute atomic E-state index is 0.0966. The molecule has 4 aromatic rings. The number of carbonyl (C=O) groups is 2. The van der Waals surface area contributed by atoms with Crippen molar-refractivity contribution in [2.45, 2.75) is 25.0 Å². The molecule has 0 radical (unpaired) electrons. The van der Waals surface area contributed by atoms with Crippen molar-refractivity contribution >= 4 is 17.6 Å².